The lowest BCUT2D eigenvalue weighted by atomic mass is 10.1. The molecule has 0 spiro atoms. The molecule has 5 heteroatoms. The quantitative estimate of drug-likeness (QED) is 0.559. The highest BCUT2D eigenvalue weighted by molar-refractivity contribution is 5.92. The zero-order chi connectivity index (χ0) is 18.3. The number of hydrogen-bond acceptors (Lipinski definition) is 4. The highest BCUT2D eigenvalue weighted by Crippen LogP contribution is 2.28. The Morgan fingerprint density at radius 1 is 1.36 bits per heavy atom. The molecule has 0 aliphatic carbocycles. The van der Waals surface area contributed by atoms with Crippen molar-refractivity contribution in [2.24, 2.45) is 0 Å². The molecule has 1 aromatic rings. The molecule has 0 bridgehead atoms. The molecule has 1 amide bonds. The van der Waals surface area contributed by atoms with Gasteiger partial charge in [0.15, 0.2) is 11.5 Å². The van der Waals surface area contributed by atoms with E-state index in [9.17, 15) is 4.79 Å². The van der Waals surface area contributed by atoms with Crippen molar-refractivity contribution in [3.63, 3.8) is 0 Å². The first kappa shape index (κ1) is 19.3. The Labute approximate surface area is 150 Å². The van der Waals surface area contributed by atoms with Gasteiger partial charge in [0, 0.05) is 19.2 Å². The molecular weight excluding hydrogens is 318 g/mol. The van der Waals surface area contributed by atoms with Crippen molar-refractivity contribution in [1.29, 1.82) is 0 Å². The largest absolute Gasteiger partial charge is 0.493 e. The van der Waals surface area contributed by atoms with Crippen molar-refractivity contribution in [2.75, 3.05) is 33.4 Å². The van der Waals surface area contributed by atoms with Crippen molar-refractivity contribution >= 4 is 12.0 Å². The van der Waals surface area contributed by atoms with Crippen LogP contribution in [0.3, 0.4) is 0 Å². The maximum absolute atomic E-state index is 12.4. The number of hydrogen-bond donors (Lipinski definition) is 0. The third-order valence-corrected chi connectivity index (χ3v) is 4.10. The predicted octanol–water partition coefficient (Wildman–Crippen LogP) is 3.52. The molecule has 5 nitrogen and oxygen atoms in total. The molecule has 0 radical (unpaired) electrons. The molecule has 1 heterocycles. The number of carbonyl (C=O) groups is 1. The van der Waals surface area contributed by atoms with Gasteiger partial charge in [0.1, 0.15) is 0 Å². The van der Waals surface area contributed by atoms with E-state index < -0.39 is 0 Å². The first-order chi connectivity index (χ1) is 11.9. The molecule has 1 saturated heterocycles. The van der Waals surface area contributed by atoms with Crippen LogP contribution in [0.4, 0.5) is 0 Å². The van der Waals surface area contributed by atoms with E-state index in [1.807, 2.05) is 43.0 Å². The standard InChI is InChI=1S/C20H29NO4/c1-5-6-12-24-17-9-7-16(14-18(17)23-4)8-10-19(22)21-11-13-25-20(2,3)15-21/h7-10,14H,5-6,11-13,15H2,1-4H3/b10-8+. The molecule has 0 aromatic heterocycles. The summed E-state index contributed by atoms with van der Waals surface area (Å²) < 4.78 is 16.8. The lowest BCUT2D eigenvalue weighted by molar-refractivity contribution is -0.140. The fourth-order valence-electron chi connectivity index (χ4n) is 2.71. The molecule has 0 N–H and O–H groups in total. The van der Waals surface area contributed by atoms with Crippen molar-refractivity contribution in [3.8, 4) is 11.5 Å². The predicted molar refractivity (Wildman–Crippen MR) is 99.0 cm³/mol. The van der Waals surface area contributed by atoms with E-state index >= 15 is 0 Å². The number of ether oxygens (including phenoxy) is 3. The summed E-state index contributed by atoms with van der Waals surface area (Å²) in [5.41, 5.74) is 0.614. The second-order valence-corrected chi connectivity index (χ2v) is 6.81. The number of rotatable bonds is 7. The van der Waals surface area contributed by atoms with Gasteiger partial charge in [-0.15, -0.1) is 0 Å². The summed E-state index contributed by atoms with van der Waals surface area (Å²) >= 11 is 0. The van der Waals surface area contributed by atoms with Crippen LogP contribution in [0.5, 0.6) is 11.5 Å². The summed E-state index contributed by atoms with van der Waals surface area (Å²) in [6.07, 6.45) is 5.51. The number of unbranched alkanes of at least 4 members (excludes halogenated alkanes) is 1. The minimum Gasteiger partial charge on any atom is -0.493 e. The first-order valence-electron chi connectivity index (χ1n) is 8.87. The molecule has 2 rings (SSSR count). The van der Waals surface area contributed by atoms with Gasteiger partial charge in [-0.25, -0.2) is 0 Å². The van der Waals surface area contributed by atoms with E-state index in [0.29, 0.717) is 32.1 Å². The Kier molecular flexibility index (Phi) is 6.88. The van der Waals surface area contributed by atoms with Gasteiger partial charge in [0.2, 0.25) is 5.91 Å². The minimum absolute atomic E-state index is 0.00128. The topological polar surface area (TPSA) is 48.0 Å². The van der Waals surface area contributed by atoms with E-state index in [0.717, 1.165) is 24.2 Å². The molecule has 0 atom stereocenters. The second-order valence-electron chi connectivity index (χ2n) is 6.81. The van der Waals surface area contributed by atoms with E-state index in [1.54, 1.807) is 13.2 Å². The fraction of sp³-hybridized carbons (Fsp3) is 0.550. The van der Waals surface area contributed by atoms with Gasteiger partial charge in [0.05, 0.1) is 25.9 Å². The highest BCUT2D eigenvalue weighted by atomic mass is 16.5. The second kappa shape index (κ2) is 8.90. The minimum atomic E-state index is -0.289. The Bertz CT molecular complexity index is 610. The third kappa shape index (κ3) is 5.78. The Morgan fingerprint density at radius 2 is 2.16 bits per heavy atom. The molecule has 25 heavy (non-hydrogen) atoms. The van der Waals surface area contributed by atoms with E-state index in [2.05, 4.69) is 6.92 Å². The molecule has 138 valence electrons. The molecule has 1 fully saturated rings. The van der Waals surface area contributed by atoms with Crippen LogP contribution in [-0.4, -0.2) is 49.8 Å². The molecule has 1 aliphatic heterocycles. The molecule has 1 aliphatic rings. The number of morpholine rings is 1. The van der Waals surface area contributed by atoms with E-state index in [1.165, 1.54) is 0 Å². The monoisotopic (exact) mass is 347 g/mol. The number of benzene rings is 1. The fourth-order valence-corrected chi connectivity index (χ4v) is 2.71. The van der Waals surface area contributed by atoms with Gasteiger partial charge in [0.25, 0.3) is 0 Å². The van der Waals surface area contributed by atoms with Gasteiger partial charge in [-0.2, -0.15) is 0 Å². The molecule has 1 aromatic carbocycles. The lowest BCUT2D eigenvalue weighted by Crippen LogP contribution is -2.50. The van der Waals surface area contributed by atoms with Crippen LogP contribution in [0, 0.1) is 0 Å². The molecular formula is C20H29NO4. The smallest absolute Gasteiger partial charge is 0.246 e. The van der Waals surface area contributed by atoms with Crippen LogP contribution in [0.1, 0.15) is 39.2 Å². The van der Waals surface area contributed by atoms with Crippen LogP contribution in [0.15, 0.2) is 24.3 Å². The zero-order valence-corrected chi connectivity index (χ0v) is 15.7. The summed E-state index contributed by atoms with van der Waals surface area (Å²) in [4.78, 5) is 14.2. The molecule has 0 unspecified atom stereocenters. The summed E-state index contributed by atoms with van der Waals surface area (Å²) in [6.45, 7) is 8.60. The van der Waals surface area contributed by atoms with Gasteiger partial charge in [-0.1, -0.05) is 19.4 Å². The highest BCUT2D eigenvalue weighted by Gasteiger charge is 2.28. The SMILES string of the molecule is CCCCOc1ccc(/C=C/C(=O)N2CCOC(C)(C)C2)cc1OC. The van der Waals surface area contributed by atoms with Crippen LogP contribution in [-0.2, 0) is 9.53 Å². The Balaban J connectivity index is 2.01. The van der Waals surface area contributed by atoms with E-state index in [-0.39, 0.29) is 11.5 Å². The van der Waals surface area contributed by atoms with Crippen LogP contribution in [0.25, 0.3) is 6.08 Å². The summed E-state index contributed by atoms with van der Waals surface area (Å²) in [6, 6.07) is 5.70. The number of amides is 1. The summed E-state index contributed by atoms with van der Waals surface area (Å²) in [5, 5.41) is 0. The third-order valence-electron chi connectivity index (χ3n) is 4.10. The van der Waals surface area contributed by atoms with Gasteiger partial charge >= 0.3 is 0 Å². The van der Waals surface area contributed by atoms with Crippen LogP contribution < -0.4 is 9.47 Å². The van der Waals surface area contributed by atoms with Crippen molar-refractivity contribution in [2.45, 2.75) is 39.2 Å². The number of nitrogens with zero attached hydrogens (tertiary/aromatic N) is 1. The van der Waals surface area contributed by atoms with Crippen LogP contribution in [0.2, 0.25) is 0 Å². The maximum Gasteiger partial charge on any atom is 0.246 e. The zero-order valence-electron chi connectivity index (χ0n) is 15.7. The number of carbonyl (C=O) groups excluding carboxylic acids is 1. The van der Waals surface area contributed by atoms with Crippen LogP contribution >= 0.6 is 0 Å². The Hall–Kier alpha value is -2.01. The van der Waals surface area contributed by atoms with Crippen molar-refractivity contribution in [1.82, 2.24) is 4.90 Å². The molecule has 0 saturated carbocycles. The Morgan fingerprint density at radius 3 is 2.84 bits per heavy atom. The van der Waals surface area contributed by atoms with Crippen molar-refractivity contribution in [3.05, 3.63) is 29.8 Å². The maximum atomic E-state index is 12.4. The van der Waals surface area contributed by atoms with Crippen molar-refractivity contribution < 1.29 is 19.0 Å². The number of methoxy groups -OCH3 is 1. The normalized spacial score (nSPS) is 16.9. The average Bonchev–Trinajstić information content (AvgIpc) is 2.59. The first-order valence-corrected chi connectivity index (χ1v) is 8.87. The summed E-state index contributed by atoms with van der Waals surface area (Å²) in [7, 11) is 1.62. The lowest BCUT2D eigenvalue weighted by Gasteiger charge is -2.37. The van der Waals surface area contributed by atoms with Gasteiger partial charge in [-0.3, -0.25) is 4.79 Å². The summed E-state index contributed by atoms with van der Waals surface area (Å²) in [5.74, 6) is 1.41. The van der Waals surface area contributed by atoms with Gasteiger partial charge < -0.3 is 19.1 Å². The van der Waals surface area contributed by atoms with Gasteiger partial charge in [-0.05, 0) is 44.0 Å². The average molecular weight is 347 g/mol. The van der Waals surface area contributed by atoms with E-state index in [4.69, 9.17) is 14.2 Å².